The second-order valence-corrected chi connectivity index (χ2v) is 6.67. The minimum Gasteiger partial charge on any atom is -0.449 e. The second-order valence-electron chi connectivity index (χ2n) is 6.67. The van der Waals surface area contributed by atoms with Crippen LogP contribution < -0.4 is 0 Å². The number of carbonyl (C=O) groups excluding carboxylic acids is 1. The number of ether oxygens (including phenoxy) is 1. The highest BCUT2D eigenvalue weighted by atomic mass is 19.4. The van der Waals surface area contributed by atoms with E-state index in [-0.39, 0.29) is 12.0 Å². The van der Waals surface area contributed by atoms with Gasteiger partial charge in [-0.2, -0.15) is 13.2 Å². The normalized spacial score (nSPS) is 18.5. The van der Waals surface area contributed by atoms with Crippen molar-refractivity contribution in [1.29, 1.82) is 0 Å². The van der Waals surface area contributed by atoms with Crippen LogP contribution in [0.15, 0.2) is 18.2 Å². The molecule has 1 aliphatic rings. The fraction of sp³-hybridized carbons (Fsp3) is 0.632. The van der Waals surface area contributed by atoms with Gasteiger partial charge in [0.2, 0.25) is 0 Å². The van der Waals surface area contributed by atoms with Crippen molar-refractivity contribution >= 4 is 5.97 Å². The Morgan fingerprint density at radius 1 is 1.28 bits per heavy atom. The Balaban J connectivity index is 2.02. The van der Waals surface area contributed by atoms with Crippen molar-refractivity contribution in [2.24, 2.45) is 0 Å². The number of alkyl halides is 3. The molecule has 6 heteroatoms. The van der Waals surface area contributed by atoms with E-state index in [0.717, 1.165) is 24.0 Å². The van der Waals surface area contributed by atoms with Crippen LogP contribution in [0.2, 0.25) is 0 Å². The number of fused-ring (bicyclic) bond motifs is 1. The Morgan fingerprint density at radius 3 is 2.72 bits per heavy atom. The molecule has 2 atom stereocenters. The van der Waals surface area contributed by atoms with E-state index in [1.165, 1.54) is 6.07 Å². The highest BCUT2D eigenvalue weighted by molar-refractivity contribution is 5.90. The second kappa shape index (κ2) is 8.70. The average molecular weight is 358 g/mol. The molecule has 0 spiro atoms. The maximum Gasteiger partial charge on any atom is 0.425 e. The van der Waals surface area contributed by atoms with Gasteiger partial charge in [-0.15, -0.1) is 0 Å². The van der Waals surface area contributed by atoms with Crippen LogP contribution in [-0.2, 0) is 17.6 Å². The number of hydrogen-bond donors (Lipinski definition) is 1. The lowest BCUT2D eigenvalue weighted by atomic mass is 9.89. The Hall–Kier alpha value is -1.56. The van der Waals surface area contributed by atoms with E-state index in [9.17, 15) is 23.1 Å². The summed E-state index contributed by atoms with van der Waals surface area (Å²) < 4.78 is 44.1. The maximum absolute atomic E-state index is 13.1. The Bertz CT molecular complexity index is 584. The fourth-order valence-corrected chi connectivity index (χ4v) is 3.11. The van der Waals surface area contributed by atoms with Gasteiger partial charge in [-0.05, 0) is 55.4 Å². The van der Waals surface area contributed by atoms with Crippen molar-refractivity contribution in [1.82, 2.24) is 0 Å². The first-order valence-corrected chi connectivity index (χ1v) is 8.88. The molecular weight excluding hydrogens is 333 g/mol. The summed E-state index contributed by atoms with van der Waals surface area (Å²) in [6.07, 6.45) is -2.63. The Morgan fingerprint density at radius 2 is 2.04 bits per heavy atom. The number of aryl methyl sites for hydroxylation is 1. The number of halogens is 3. The molecule has 1 aromatic carbocycles. The van der Waals surface area contributed by atoms with Gasteiger partial charge in [0.25, 0.3) is 0 Å². The van der Waals surface area contributed by atoms with Gasteiger partial charge in [-0.3, -0.25) is 0 Å². The van der Waals surface area contributed by atoms with Crippen LogP contribution in [0.3, 0.4) is 0 Å². The first-order valence-electron chi connectivity index (χ1n) is 8.88. The zero-order valence-electron chi connectivity index (χ0n) is 14.4. The Kier molecular flexibility index (Phi) is 6.87. The zero-order chi connectivity index (χ0) is 18.4. The van der Waals surface area contributed by atoms with E-state index < -0.39 is 24.4 Å². The molecule has 0 amide bonds. The lowest BCUT2D eigenvalue weighted by Crippen LogP contribution is -2.34. The molecular formula is C19H25F3O3. The summed E-state index contributed by atoms with van der Waals surface area (Å²) in [7, 11) is 0. The van der Waals surface area contributed by atoms with Crippen molar-refractivity contribution in [3.63, 3.8) is 0 Å². The van der Waals surface area contributed by atoms with E-state index in [2.05, 4.69) is 0 Å². The predicted octanol–water partition coefficient (Wildman–Crippen LogP) is 4.59. The van der Waals surface area contributed by atoms with E-state index in [0.29, 0.717) is 32.1 Å². The molecule has 0 heterocycles. The minimum atomic E-state index is -4.56. The van der Waals surface area contributed by atoms with Gasteiger partial charge in [0.15, 0.2) is 6.10 Å². The molecule has 0 aromatic heterocycles. The summed E-state index contributed by atoms with van der Waals surface area (Å²) in [5.74, 6) is -0.938. The summed E-state index contributed by atoms with van der Waals surface area (Å²) in [6.45, 7) is 1.98. The monoisotopic (exact) mass is 358 g/mol. The molecule has 0 radical (unpaired) electrons. The predicted molar refractivity (Wildman–Crippen MR) is 88.5 cm³/mol. The summed E-state index contributed by atoms with van der Waals surface area (Å²) >= 11 is 0. The van der Waals surface area contributed by atoms with Gasteiger partial charge in [0.05, 0.1) is 11.7 Å². The van der Waals surface area contributed by atoms with Crippen molar-refractivity contribution in [3.8, 4) is 0 Å². The van der Waals surface area contributed by atoms with Gasteiger partial charge in [-0.1, -0.05) is 32.3 Å². The third-order valence-corrected chi connectivity index (χ3v) is 4.58. The molecule has 140 valence electrons. The smallest absolute Gasteiger partial charge is 0.425 e. The molecule has 2 rings (SSSR count). The molecule has 1 N–H and O–H groups in total. The molecule has 0 saturated carbocycles. The molecule has 0 bridgehead atoms. The van der Waals surface area contributed by atoms with Crippen molar-refractivity contribution in [2.75, 3.05) is 0 Å². The number of benzene rings is 1. The van der Waals surface area contributed by atoms with Crippen LogP contribution in [0.4, 0.5) is 13.2 Å². The zero-order valence-corrected chi connectivity index (χ0v) is 14.4. The highest BCUT2D eigenvalue weighted by Crippen LogP contribution is 2.29. The molecule has 25 heavy (non-hydrogen) atoms. The van der Waals surface area contributed by atoms with E-state index >= 15 is 0 Å². The number of hydrogen-bond acceptors (Lipinski definition) is 3. The van der Waals surface area contributed by atoms with Gasteiger partial charge in [0, 0.05) is 0 Å². The van der Waals surface area contributed by atoms with Gasteiger partial charge < -0.3 is 9.84 Å². The largest absolute Gasteiger partial charge is 0.449 e. The summed E-state index contributed by atoms with van der Waals surface area (Å²) in [5.41, 5.74) is 1.96. The average Bonchev–Trinajstić information content (AvgIpc) is 2.56. The maximum atomic E-state index is 13.1. The highest BCUT2D eigenvalue weighted by Gasteiger charge is 2.42. The number of carbonyl (C=O) groups is 1. The summed E-state index contributed by atoms with van der Waals surface area (Å²) in [4.78, 5) is 12.2. The lowest BCUT2D eigenvalue weighted by Gasteiger charge is -2.23. The number of aliphatic hydroxyl groups excluding tert-OH is 1. The van der Waals surface area contributed by atoms with Gasteiger partial charge in [0.1, 0.15) is 0 Å². The molecule has 3 nitrogen and oxygen atoms in total. The van der Waals surface area contributed by atoms with Crippen LogP contribution in [0.25, 0.3) is 0 Å². The SMILES string of the molecule is CCCCCCC(OC(=O)c1ccc2c(c1)CCC(O)C2)C(F)(F)F. The van der Waals surface area contributed by atoms with Crippen molar-refractivity contribution < 1.29 is 27.8 Å². The molecule has 0 aliphatic heterocycles. The Labute approximate surface area is 146 Å². The number of aliphatic hydroxyl groups is 1. The molecule has 1 aromatic rings. The standard InChI is InChI=1S/C19H25F3O3/c1-2-3-4-5-6-17(19(20,21)22)25-18(24)15-8-7-14-12-16(23)10-9-13(14)11-15/h7-8,11,16-17,23H,2-6,9-10,12H2,1H3. The first-order chi connectivity index (χ1) is 11.8. The van der Waals surface area contributed by atoms with Crippen LogP contribution in [0.5, 0.6) is 0 Å². The third kappa shape index (κ3) is 5.73. The van der Waals surface area contributed by atoms with Crippen LogP contribution >= 0.6 is 0 Å². The quantitative estimate of drug-likeness (QED) is 0.573. The van der Waals surface area contributed by atoms with E-state index in [1.54, 1.807) is 12.1 Å². The molecule has 2 unspecified atom stereocenters. The van der Waals surface area contributed by atoms with Gasteiger partial charge in [-0.25, -0.2) is 4.79 Å². The van der Waals surface area contributed by atoms with E-state index in [4.69, 9.17) is 4.74 Å². The van der Waals surface area contributed by atoms with Gasteiger partial charge >= 0.3 is 12.1 Å². The fourth-order valence-electron chi connectivity index (χ4n) is 3.11. The molecule has 0 fully saturated rings. The first kappa shape index (κ1) is 19.8. The van der Waals surface area contributed by atoms with E-state index in [1.807, 2.05) is 6.92 Å². The van der Waals surface area contributed by atoms with Crippen LogP contribution in [0, 0.1) is 0 Å². The van der Waals surface area contributed by atoms with Crippen LogP contribution in [-0.4, -0.2) is 29.5 Å². The molecule has 1 aliphatic carbocycles. The van der Waals surface area contributed by atoms with Crippen molar-refractivity contribution in [2.45, 2.75) is 76.7 Å². The summed E-state index contributed by atoms with van der Waals surface area (Å²) in [6, 6.07) is 4.76. The van der Waals surface area contributed by atoms with Crippen molar-refractivity contribution in [3.05, 3.63) is 34.9 Å². The lowest BCUT2D eigenvalue weighted by molar-refractivity contribution is -0.206. The third-order valence-electron chi connectivity index (χ3n) is 4.58. The number of rotatable bonds is 7. The summed E-state index contributed by atoms with van der Waals surface area (Å²) in [5, 5.41) is 9.65. The minimum absolute atomic E-state index is 0.137. The van der Waals surface area contributed by atoms with Crippen LogP contribution in [0.1, 0.15) is 66.9 Å². The molecule has 0 saturated heterocycles. The number of esters is 1. The number of unbranched alkanes of at least 4 members (excludes halogenated alkanes) is 3. The topological polar surface area (TPSA) is 46.5 Å².